The second-order valence-corrected chi connectivity index (χ2v) is 10.2. The molecule has 1 aliphatic heterocycles. The zero-order valence-electron chi connectivity index (χ0n) is 16.5. The fraction of sp³-hybridized carbons (Fsp3) is 0.500. The van der Waals surface area contributed by atoms with Crippen LogP contribution in [0.15, 0.2) is 17.2 Å². The number of nitrogens with two attached hydrogens (primary N) is 1. The summed E-state index contributed by atoms with van der Waals surface area (Å²) in [6.07, 6.45) is 8.47. The van der Waals surface area contributed by atoms with E-state index in [0.29, 0.717) is 12.5 Å². The van der Waals surface area contributed by atoms with Gasteiger partial charge in [-0.15, -0.1) is 0 Å². The maximum absolute atomic E-state index is 13.2. The van der Waals surface area contributed by atoms with Gasteiger partial charge in [0.25, 0.3) is 0 Å². The Balaban J connectivity index is 1.40. The lowest BCUT2D eigenvalue weighted by Gasteiger charge is -2.26. The van der Waals surface area contributed by atoms with Crippen molar-refractivity contribution in [2.45, 2.75) is 62.8 Å². The Kier molecular flexibility index (Phi) is 4.40. The van der Waals surface area contributed by atoms with Gasteiger partial charge < -0.3 is 10.1 Å². The maximum atomic E-state index is 13.2. The minimum Gasteiger partial charge on any atom is -0.477 e. The standard InChI is InChI=1S/C20H27N5O3S/c1-12-8-9-28-19-17(11-22-25(12)19)29(21,27)24-20(26)23-18-15-6-2-4-13(15)10-14-5-3-7-16(14)18/h10-12,29H,2-9H2,1H3,(H4,21,23,24,26,27)/t12-/m1/s1. The minimum atomic E-state index is -3.69. The zero-order chi connectivity index (χ0) is 20.2. The first-order chi connectivity index (χ1) is 13.9. The van der Waals surface area contributed by atoms with E-state index >= 15 is 0 Å². The molecule has 8 nitrogen and oxygen atoms in total. The van der Waals surface area contributed by atoms with Crippen molar-refractivity contribution in [1.82, 2.24) is 14.5 Å². The highest BCUT2D eigenvalue weighted by molar-refractivity contribution is 7.99. The maximum Gasteiger partial charge on any atom is 0.330 e. The third-order valence-electron chi connectivity index (χ3n) is 6.26. The Bertz CT molecular complexity index is 1010. The molecule has 2 heterocycles. The van der Waals surface area contributed by atoms with Crippen molar-refractivity contribution in [2.75, 3.05) is 11.9 Å². The SMILES string of the molecule is C[C@@H]1CCOc2c([SH](N)(=O)NC(=O)Nc3c4c(cc5c3CCC5)CCC4)cnn21. The van der Waals surface area contributed by atoms with Crippen LogP contribution in [0.3, 0.4) is 0 Å². The van der Waals surface area contributed by atoms with E-state index in [1.807, 2.05) is 6.92 Å². The molecule has 29 heavy (non-hydrogen) atoms. The van der Waals surface area contributed by atoms with Crippen molar-refractivity contribution >= 4 is 22.0 Å². The molecule has 1 atom stereocenters. The fourth-order valence-electron chi connectivity index (χ4n) is 4.79. The summed E-state index contributed by atoms with van der Waals surface area (Å²) in [5, 5.41) is 13.3. The number of anilines is 1. The van der Waals surface area contributed by atoms with Crippen LogP contribution in [0.1, 0.15) is 54.5 Å². The Labute approximate surface area is 170 Å². The second kappa shape index (κ2) is 6.84. The topological polar surface area (TPSA) is 111 Å². The van der Waals surface area contributed by atoms with Gasteiger partial charge in [-0.05, 0) is 67.7 Å². The highest BCUT2D eigenvalue weighted by atomic mass is 32.3. The summed E-state index contributed by atoms with van der Waals surface area (Å²) in [6, 6.07) is 1.89. The molecule has 0 unspecified atom stereocenters. The normalized spacial score (nSPS) is 20.4. The quantitative estimate of drug-likeness (QED) is 0.574. The van der Waals surface area contributed by atoms with Crippen LogP contribution in [0.4, 0.5) is 10.5 Å². The number of carbonyl (C=O) groups excluding carboxylic acids is 1. The van der Waals surface area contributed by atoms with Crippen LogP contribution in [0.2, 0.25) is 0 Å². The van der Waals surface area contributed by atoms with Crippen LogP contribution in [-0.2, 0) is 36.0 Å². The van der Waals surface area contributed by atoms with E-state index in [4.69, 9.17) is 9.88 Å². The molecule has 2 aliphatic carbocycles. The fourth-order valence-corrected chi connectivity index (χ4v) is 5.94. The lowest BCUT2D eigenvalue weighted by atomic mass is 9.99. The number of carbonyl (C=O) groups is 1. The number of fused-ring (bicyclic) bond motifs is 3. The van der Waals surface area contributed by atoms with Crippen LogP contribution in [0.5, 0.6) is 5.88 Å². The number of aromatic nitrogens is 2. The van der Waals surface area contributed by atoms with Crippen molar-refractivity contribution < 1.29 is 13.7 Å². The average molecular weight is 418 g/mol. The van der Waals surface area contributed by atoms with Crippen molar-refractivity contribution in [3.05, 3.63) is 34.5 Å². The van der Waals surface area contributed by atoms with Gasteiger partial charge in [0.15, 0.2) is 0 Å². The van der Waals surface area contributed by atoms with E-state index < -0.39 is 16.3 Å². The van der Waals surface area contributed by atoms with Crippen LogP contribution >= 0.6 is 0 Å². The molecule has 1 aromatic heterocycles. The highest BCUT2D eigenvalue weighted by Crippen LogP contribution is 2.38. The molecule has 4 N–H and O–H groups in total. The third-order valence-corrected chi connectivity index (χ3v) is 7.82. The molecule has 0 fully saturated rings. The summed E-state index contributed by atoms with van der Waals surface area (Å²) >= 11 is 0. The molecule has 9 heteroatoms. The molecule has 0 saturated heterocycles. The van der Waals surface area contributed by atoms with Gasteiger partial charge in [-0.25, -0.2) is 13.7 Å². The first-order valence-electron chi connectivity index (χ1n) is 10.3. The first kappa shape index (κ1) is 18.6. The number of benzene rings is 1. The molecule has 1 aromatic carbocycles. The van der Waals surface area contributed by atoms with E-state index in [1.165, 1.54) is 28.5 Å². The van der Waals surface area contributed by atoms with Gasteiger partial charge in [0, 0.05) is 22.4 Å². The number of amides is 2. The third kappa shape index (κ3) is 3.12. The van der Waals surface area contributed by atoms with Gasteiger partial charge in [-0.3, -0.25) is 9.86 Å². The number of nitrogens with one attached hydrogen (secondary N) is 2. The summed E-state index contributed by atoms with van der Waals surface area (Å²) in [4.78, 5) is 13.1. The number of rotatable bonds is 3. The molecule has 0 saturated carbocycles. The van der Waals surface area contributed by atoms with Gasteiger partial charge in [-0.1, -0.05) is 6.07 Å². The number of hydrogen-bond donors (Lipinski definition) is 4. The predicted molar refractivity (Wildman–Crippen MR) is 112 cm³/mol. The number of ether oxygens (including phenoxy) is 1. The van der Waals surface area contributed by atoms with Gasteiger partial charge in [0.1, 0.15) is 4.90 Å². The Morgan fingerprint density at radius 2 is 1.93 bits per heavy atom. The van der Waals surface area contributed by atoms with E-state index in [0.717, 1.165) is 50.6 Å². The summed E-state index contributed by atoms with van der Waals surface area (Å²) in [6.45, 7) is 2.52. The average Bonchev–Trinajstić information content (AvgIpc) is 3.40. The predicted octanol–water partition coefficient (Wildman–Crippen LogP) is 2.19. The van der Waals surface area contributed by atoms with Gasteiger partial charge in [0.2, 0.25) is 5.88 Å². The molecule has 2 amide bonds. The smallest absolute Gasteiger partial charge is 0.330 e. The van der Waals surface area contributed by atoms with Crippen molar-refractivity contribution in [2.24, 2.45) is 5.14 Å². The monoisotopic (exact) mass is 417 g/mol. The molecule has 156 valence electrons. The Hall–Kier alpha value is -2.39. The van der Waals surface area contributed by atoms with E-state index in [-0.39, 0.29) is 10.9 Å². The van der Waals surface area contributed by atoms with Crippen molar-refractivity contribution in [1.29, 1.82) is 0 Å². The van der Waals surface area contributed by atoms with E-state index in [9.17, 15) is 9.00 Å². The van der Waals surface area contributed by atoms with Gasteiger partial charge in [0.05, 0.1) is 18.8 Å². The number of nitrogens with zero attached hydrogens (tertiary/aromatic N) is 2. The van der Waals surface area contributed by atoms with Crippen molar-refractivity contribution in [3.8, 4) is 5.88 Å². The molecule has 0 bridgehead atoms. The summed E-state index contributed by atoms with van der Waals surface area (Å²) in [5.41, 5.74) is 5.97. The van der Waals surface area contributed by atoms with Crippen molar-refractivity contribution in [3.63, 3.8) is 0 Å². The molecular formula is C20H27N5O3S. The lowest BCUT2D eigenvalue weighted by molar-refractivity contribution is 0.196. The number of hydrogen-bond acceptors (Lipinski definition) is 4. The van der Waals surface area contributed by atoms with Gasteiger partial charge >= 0.3 is 6.03 Å². The van der Waals surface area contributed by atoms with Crippen LogP contribution in [0.25, 0.3) is 0 Å². The number of urea groups is 1. The van der Waals surface area contributed by atoms with E-state index in [1.54, 1.807) is 4.68 Å². The van der Waals surface area contributed by atoms with Crippen LogP contribution in [-0.4, -0.2) is 26.6 Å². The van der Waals surface area contributed by atoms with Crippen LogP contribution < -0.4 is 19.9 Å². The summed E-state index contributed by atoms with van der Waals surface area (Å²) < 4.78 is 23.0. The second-order valence-electron chi connectivity index (χ2n) is 8.22. The first-order valence-corrected chi connectivity index (χ1v) is 12.1. The largest absolute Gasteiger partial charge is 0.477 e. The molecule has 0 spiro atoms. The zero-order valence-corrected chi connectivity index (χ0v) is 17.4. The van der Waals surface area contributed by atoms with Crippen LogP contribution in [0, 0.1) is 0 Å². The Morgan fingerprint density at radius 1 is 1.24 bits per heavy atom. The molecule has 5 rings (SSSR count). The lowest BCUT2D eigenvalue weighted by Crippen LogP contribution is -2.45. The summed E-state index contributed by atoms with van der Waals surface area (Å²) in [5.74, 6) is 0.386. The van der Waals surface area contributed by atoms with Gasteiger partial charge in [-0.2, -0.15) is 5.10 Å². The number of aryl methyl sites for hydroxylation is 2. The van der Waals surface area contributed by atoms with E-state index in [2.05, 4.69) is 21.2 Å². The highest BCUT2D eigenvalue weighted by Gasteiger charge is 2.30. The minimum absolute atomic E-state index is 0.135. The summed E-state index contributed by atoms with van der Waals surface area (Å²) in [7, 11) is -3.69. The number of thiol groups is 1. The molecular weight excluding hydrogens is 390 g/mol. The Morgan fingerprint density at radius 3 is 2.62 bits per heavy atom. The molecule has 0 radical (unpaired) electrons. The molecule has 3 aliphatic rings. The molecule has 2 aromatic rings.